The Labute approximate surface area is 183 Å². The van der Waals surface area contributed by atoms with Crippen LogP contribution in [-0.4, -0.2) is 54.9 Å². The van der Waals surface area contributed by atoms with Gasteiger partial charge in [-0.25, -0.2) is 13.4 Å². The lowest BCUT2D eigenvalue weighted by Crippen LogP contribution is -2.47. The third-order valence-electron chi connectivity index (χ3n) is 5.96. The second-order valence-corrected chi connectivity index (χ2v) is 10.6. The van der Waals surface area contributed by atoms with E-state index in [0.717, 1.165) is 24.0 Å². The fourth-order valence-corrected chi connectivity index (χ4v) is 5.43. The Hall–Kier alpha value is -2.45. The van der Waals surface area contributed by atoms with E-state index in [1.807, 2.05) is 47.4 Å². The van der Waals surface area contributed by atoms with Gasteiger partial charge in [0.15, 0.2) is 9.84 Å². The standard InChI is InChI=1S/C23H29N3O4S/c27-23(25-17-18-10-11-21(24-16-18)30-20-8-4-5-9-20)22(19-6-2-1-3-7-19)26-12-14-31(28,29)15-13-26/h1-3,6-7,10-11,16,20,22H,4-5,8-9,12-15,17H2,(H,25,27). The topological polar surface area (TPSA) is 88.6 Å². The monoisotopic (exact) mass is 443 g/mol. The Morgan fingerprint density at radius 2 is 1.81 bits per heavy atom. The molecule has 0 spiro atoms. The lowest BCUT2D eigenvalue weighted by atomic mass is 10.0. The smallest absolute Gasteiger partial charge is 0.242 e. The number of sulfone groups is 1. The van der Waals surface area contributed by atoms with Crippen LogP contribution in [-0.2, 0) is 21.2 Å². The number of aromatic nitrogens is 1. The average Bonchev–Trinajstić information content (AvgIpc) is 3.28. The highest BCUT2D eigenvalue weighted by Gasteiger charge is 2.32. The zero-order chi connectivity index (χ0) is 21.7. The van der Waals surface area contributed by atoms with Gasteiger partial charge in [0, 0.05) is 31.9 Å². The molecule has 1 aromatic carbocycles. The van der Waals surface area contributed by atoms with E-state index >= 15 is 0 Å². The quantitative estimate of drug-likeness (QED) is 0.707. The van der Waals surface area contributed by atoms with Gasteiger partial charge in [0.2, 0.25) is 11.8 Å². The average molecular weight is 444 g/mol. The lowest BCUT2D eigenvalue weighted by Gasteiger charge is -2.33. The fourth-order valence-electron chi connectivity index (χ4n) is 4.20. The lowest BCUT2D eigenvalue weighted by molar-refractivity contribution is -0.126. The summed E-state index contributed by atoms with van der Waals surface area (Å²) in [7, 11) is -3.02. The molecule has 2 fully saturated rings. The van der Waals surface area contributed by atoms with E-state index < -0.39 is 15.9 Å². The molecular weight excluding hydrogens is 414 g/mol. The fraction of sp³-hybridized carbons (Fsp3) is 0.478. The maximum Gasteiger partial charge on any atom is 0.242 e. The van der Waals surface area contributed by atoms with Gasteiger partial charge in [-0.1, -0.05) is 36.4 Å². The molecule has 1 aliphatic heterocycles. The van der Waals surface area contributed by atoms with E-state index in [9.17, 15) is 13.2 Å². The molecule has 1 amide bonds. The third-order valence-corrected chi connectivity index (χ3v) is 7.57. The number of pyridine rings is 1. The number of benzene rings is 1. The Bertz CT molecular complexity index is 960. The van der Waals surface area contributed by atoms with E-state index in [0.29, 0.717) is 25.5 Å². The third kappa shape index (κ3) is 5.83. The molecule has 7 nitrogen and oxygen atoms in total. The van der Waals surface area contributed by atoms with E-state index in [1.165, 1.54) is 12.8 Å². The predicted molar refractivity (Wildman–Crippen MR) is 118 cm³/mol. The first-order valence-corrected chi connectivity index (χ1v) is 12.7. The summed E-state index contributed by atoms with van der Waals surface area (Å²) in [4.78, 5) is 19.5. The van der Waals surface area contributed by atoms with Crippen LogP contribution in [0.5, 0.6) is 5.88 Å². The van der Waals surface area contributed by atoms with E-state index in [4.69, 9.17) is 4.74 Å². The Kier molecular flexibility index (Phi) is 6.87. The number of hydrogen-bond acceptors (Lipinski definition) is 6. The summed E-state index contributed by atoms with van der Waals surface area (Å²) in [5.74, 6) is 0.641. The molecule has 1 aliphatic carbocycles. The van der Waals surface area contributed by atoms with Gasteiger partial charge < -0.3 is 10.1 Å². The highest BCUT2D eigenvalue weighted by atomic mass is 32.2. The molecule has 0 radical (unpaired) electrons. The summed E-state index contributed by atoms with van der Waals surface area (Å²) in [6.45, 7) is 1.05. The van der Waals surface area contributed by atoms with Crippen LogP contribution in [0.25, 0.3) is 0 Å². The number of rotatable bonds is 7. The minimum Gasteiger partial charge on any atom is -0.474 e. The molecule has 4 rings (SSSR count). The highest BCUT2D eigenvalue weighted by Crippen LogP contribution is 2.24. The van der Waals surface area contributed by atoms with Gasteiger partial charge in [-0.15, -0.1) is 0 Å². The minimum absolute atomic E-state index is 0.0794. The maximum absolute atomic E-state index is 13.1. The molecule has 0 bridgehead atoms. The number of ether oxygens (including phenoxy) is 1. The van der Waals surface area contributed by atoms with Gasteiger partial charge in [-0.2, -0.15) is 0 Å². The van der Waals surface area contributed by atoms with Gasteiger partial charge in [0.05, 0.1) is 11.5 Å². The molecule has 1 N–H and O–H groups in total. The van der Waals surface area contributed by atoms with Crippen molar-refractivity contribution in [2.75, 3.05) is 24.6 Å². The van der Waals surface area contributed by atoms with Crippen LogP contribution in [0.4, 0.5) is 0 Å². The van der Waals surface area contributed by atoms with Crippen molar-refractivity contribution in [1.29, 1.82) is 0 Å². The van der Waals surface area contributed by atoms with Crippen LogP contribution in [0, 0.1) is 0 Å². The van der Waals surface area contributed by atoms with Crippen LogP contribution in [0.15, 0.2) is 48.7 Å². The minimum atomic E-state index is -3.02. The summed E-state index contributed by atoms with van der Waals surface area (Å²) < 4.78 is 29.5. The molecule has 1 saturated heterocycles. The SMILES string of the molecule is O=C(NCc1ccc(OC2CCCC2)nc1)C(c1ccccc1)N1CCS(=O)(=O)CC1. The van der Waals surface area contributed by atoms with Crippen molar-refractivity contribution in [2.24, 2.45) is 0 Å². The first-order chi connectivity index (χ1) is 15.0. The van der Waals surface area contributed by atoms with Crippen LogP contribution >= 0.6 is 0 Å². The Morgan fingerprint density at radius 1 is 1.10 bits per heavy atom. The van der Waals surface area contributed by atoms with Gasteiger partial charge in [-0.3, -0.25) is 9.69 Å². The van der Waals surface area contributed by atoms with Crippen molar-refractivity contribution in [3.63, 3.8) is 0 Å². The second kappa shape index (κ2) is 9.78. The molecular formula is C23H29N3O4S. The van der Waals surface area contributed by atoms with Crippen molar-refractivity contribution in [2.45, 2.75) is 44.4 Å². The van der Waals surface area contributed by atoms with Crippen LogP contribution in [0.3, 0.4) is 0 Å². The summed E-state index contributed by atoms with van der Waals surface area (Å²) in [5.41, 5.74) is 1.75. The number of nitrogens with one attached hydrogen (secondary N) is 1. The van der Waals surface area contributed by atoms with E-state index in [1.54, 1.807) is 6.20 Å². The largest absolute Gasteiger partial charge is 0.474 e. The Balaban J connectivity index is 1.39. The molecule has 1 aromatic heterocycles. The first-order valence-electron chi connectivity index (χ1n) is 10.9. The van der Waals surface area contributed by atoms with Gasteiger partial charge in [0.1, 0.15) is 12.1 Å². The van der Waals surface area contributed by atoms with Crippen LogP contribution < -0.4 is 10.1 Å². The molecule has 1 atom stereocenters. The normalized spacial score (nSPS) is 20.3. The molecule has 2 aromatic rings. The van der Waals surface area contributed by atoms with Gasteiger partial charge in [-0.05, 0) is 36.8 Å². The van der Waals surface area contributed by atoms with Crippen LogP contribution in [0.1, 0.15) is 42.9 Å². The number of carbonyl (C=O) groups is 1. The first kappa shape index (κ1) is 21.8. The molecule has 166 valence electrons. The molecule has 8 heteroatoms. The van der Waals surface area contributed by atoms with Crippen molar-refractivity contribution in [3.05, 3.63) is 59.8 Å². The maximum atomic E-state index is 13.1. The summed E-state index contributed by atoms with van der Waals surface area (Å²) >= 11 is 0. The van der Waals surface area contributed by atoms with E-state index in [-0.39, 0.29) is 23.5 Å². The zero-order valence-electron chi connectivity index (χ0n) is 17.6. The number of nitrogens with zero attached hydrogens (tertiary/aromatic N) is 2. The van der Waals surface area contributed by atoms with Crippen molar-refractivity contribution in [1.82, 2.24) is 15.2 Å². The van der Waals surface area contributed by atoms with Crippen LogP contribution in [0.2, 0.25) is 0 Å². The molecule has 31 heavy (non-hydrogen) atoms. The summed E-state index contributed by atoms with van der Waals surface area (Å²) in [5, 5.41) is 3.00. The van der Waals surface area contributed by atoms with E-state index in [2.05, 4.69) is 10.3 Å². The highest BCUT2D eigenvalue weighted by molar-refractivity contribution is 7.91. The second-order valence-electron chi connectivity index (χ2n) is 8.25. The number of hydrogen-bond donors (Lipinski definition) is 1. The van der Waals surface area contributed by atoms with Crippen molar-refractivity contribution < 1.29 is 17.9 Å². The molecule has 1 unspecified atom stereocenters. The van der Waals surface area contributed by atoms with Gasteiger partial charge >= 0.3 is 0 Å². The van der Waals surface area contributed by atoms with Crippen molar-refractivity contribution in [3.8, 4) is 5.88 Å². The Morgan fingerprint density at radius 3 is 2.45 bits per heavy atom. The van der Waals surface area contributed by atoms with Gasteiger partial charge in [0.25, 0.3) is 0 Å². The molecule has 1 saturated carbocycles. The number of amides is 1. The molecule has 2 aliphatic rings. The molecule has 2 heterocycles. The summed E-state index contributed by atoms with van der Waals surface area (Å²) in [6.07, 6.45) is 6.57. The van der Waals surface area contributed by atoms with Crippen molar-refractivity contribution >= 4 is 15.7 Å². The number of carbonyl (C=O) groups excluding carboxylic acids is 1. The predicted octanol–water partition coefficient (Wildman–Crippen LogP) is 2.49. The zero-order valence-corrected chi connectivity index (χ0v) is 18.4. The summed E-state index contributed by atoms with van der Waals surface area (Å²) in [6, 6.07) is 12.8.